The first-order valence-electron chi connectivity index (χ1n) is 7.54. The molecule has 0 atom stereocenters. The minimum Gasteiger partial charge on any atom is -0.350 e. The number of hydrogen-bond acceptors (Lipinski definition) is 2. The van der Waals surface area contributed by atoms with Crippen LogP contribution < -0.4 is 10.2 Å². The second kappa shape index (κ2) is 7.47. The zero-order valence-corrected chi connectivity index (χ0v) is 14.3. The van der Waals surface area contributed by atoms with E-state index in [4.69, 9.17) is 0 Å². The summed E-state index contributed by atoms with van der Waals surface area (Å²) in [5.74, 6) is 1.06. The van der Waals surface area contributed by atoms with Crippen LogP contribution in [0.15, 0.2) is 48.5 Å². The number of para-hydroxylation sites is 2. The van der Waals surface area contributed by atoms with Crippen molar-refractivity contribution < 1.29 is 0 Å². The molecule has 0 radical (unpaired) electrons. The molecular formula is C18H25N2P. The molecule has 0 aliphatic heterocycles. The molecule has 0 spiro atoms. The Labute approximate surface area is 130 Å². The van der Waals surface area contributed by atoms with E-state index in [9.17, 15) is 0 Å². The average Bonchev–Trinajstić information content (AvgIpc) is 2.48. The largest absolute Gasteiger partial charge is 0.350 e. The van der Waals surface area contributed by atoms with Crippen molar-refractivity contribution in [2.24, 2.45) is 0 Å². The Morgan fingerprint density at radius 1 is 0.667 bits per heavy atom. The minimum absolute atomic E-state index is 0.465. The van der Waals surface area contributed by atoms with Crippen molar-refractivity contribution in [2.75, 3.05) is 10.2 Å². The molecule has 0 unspecified atom stereocenters. The van der Waals surface area contributed by atoms with Crippen LogP contribution in [-0.4, -0.2) is 0 Å². The fourth-order valence-corrected chi connectivity index (χ4v) is 3.18. The summed E-state index contributed by atoms with van der Waals surface area (Å²) >= 11 is 0. The molecule has 2 nitrogen and oxygen atoms in total. The molecule has 0 aromatic heterocycles. The predicted octanol–water partition coefficient (Wildman–Crippen LogP) is 5.97. The minimum atomic E-state index is 0.465. The first kappa shape index (κ1) is 15.9. The maximum atomic E-state index is 3.53. The molecule has 0 fully saturated rings. The van der Waals surface area contributed by atoms with Crippen LogP contribution in [0.1, 0.15) is 50.7 Å². The van der Waals surface area contributed by atoms with Crippen molar-refractivity contribution in [3.05, 3.63) is 59.7 Å². The SMILES string of the molecule is CC(C)c1ccccc1NPNc1ccccc1C(C)C. The topological polar surface area (TPSA) is 24.1 Å². The zero-order valence-electron chi connectivity index (χ0n) is 13.3. The summed E-state index contributed by atoms with van der Waals surface area (Å²) in [5, 5.41) is 7.05. The van der Waals surface area contributed by atoms with E-state index in [0.717, 1.165) is 0 Å². The smallest absolute Gasteiger partial charge is 0.0743 e. The van der Waals surface area contributed by atoms with Gasteiger partial charge in [-0.2, -0.15) is 0 Å². The molecule has 2 rings (SSSR count). The Morgan fingerprint density at radius 3 is 1.43 bits per heavy atom. The Balaban J connectivity index is 2.03. The highest BCUT2D eigenvalue weighted by molar-refractivity contribution is 7.41. The quantitative estimate of drug-likeness (QED) is 0.643. The molecule has 0 aliphatic carbocycles. The van der Waals surface area contributed by atoms with Crippen LogP contribution in [0.5, 0.6) is 0 Å². The van der Waals surface area contributed by atoms with Gasteiger partial charge in [0.15, 0.2) is 0 Å². The van der Waals surface area contributed by atoms with Gasteiger partial charge in [0, 0.05) is 11.4 Å². The Morgan fingerprint density at radius 2 is 1.05 bits per heavy atom. The van der Waals surface area contributed by atoms with Crippen molar-refractivity contribution >= 4 is 20.3 Å². The fraction of sp³-hybridized carbons (Fsp3) is 0.333. The van der Waals surface area contributed by atoms with Crippen LogP contribution in [0, 0.1) is 0 Å². The third kappa shape index (κ3) is 4.22. The third-order valence-corrected chi connectivity index (χ3v) is 4.35. The first-order valence-corrected chi connectivity index (χ1v) is 8.54. The second-order valence-corrected chi connectivity index (χ2v) is 6.61. The van der Waals surface area contributed by atoms with E-state index in [2.05, 4.69) is 86.4 Å². The van der Waals surface area contributed by atoms with Crippen molar-refractivity contribution in [3.63, 3.8) is 0 Å². The monoisotopic (exact) mass is 300 g/mol. The predicted molar refractivity (Wildman–Crippen MR) is 96.6 cm³/mol. The number of hydrogen-bond donors (Lipinski definition) is 2. The van der Waals surface area contributed by atoms with Crippen molar-refractivity contribution in [1.82, 2.24) is 0 Å². The van der Waals surface area contributed by atoms with E-state index in [1.165, 1.54) is 22.5 Å². The summed E-state index contributed by atoms with van der Waals surface area (Å²) in [6.45, 7) is 8.91. The van der Waals surface area contributed by atoms with E-state index >= 15 is 0 Å². The van der Waals surface area contributed by atoms with Crippen LogP contribution >= 0.6 is 8.88 Å². The zero-order chi connectivity index (χ0) is 15.2. The van der Waals surface area contributed by atoms with E-state index in [1.807, 2.05) is 0 Å². The van der Waals surface area contributed by atoms with Gasteiger partial charge in [-0.15, -0.1) is 0 Å². The Bertz CT molecular complexity index is 527. The second-order valence-electron chi connectivity index (χ2n) is 5.86. The number of rotatable bonds is 6. The van der Waals surface area contributed by atoms with Crippen LogP contribution in [0.4, 0.5) is 11.4 Å². The molecule has 2 aromatic carbocycles. The van der Waals surface area contributed by atoms with Gasteiger partial charge in [0.25, 0.3) is 0 Å². The number of nitrogens with one attached hydrogen (secondary N) is 2. The highest BCUT2D eigenvalue weighted by Crippen LogP contribution is 2.31. The van der Waals surface area contributed by atoms with Gasteiger partial charge in [0.05, 0.1) is 8.88 Å². The lowest BCUT2D eigenvalue weighted by atomic mass is 10.0. The van der Waals surface area contributed by atoms with E-state index in [1.54, 1.807) is 0 Å². The molecule has 0 saturated heterocycles. The van der Waals surface area contributed by atoms with E-state index in [0.29, 0.717) is 20.7 Å². The first-order chi connectivity index (χ1) is 10.1. The molecule has 0 aliphatic rings. The maximum absolute atomic E-state index is 3.53. The lowest BCUT2D eigenvalue weighted by Gasteiger charge is -2.17. The molecule has 0 amide bonds. The molecule has 2 N–H and O–H groups in total. The molecule has 3 heteroatoms. The highest BCUT2D eigenvalue weighted by atomic mass is 31.1. The van der Waals surface area contributed by atoms with Crippen molar-refractivity contribution in [1.29, 1.82) is 0 Å². The lowest BCUT2D eigenvalue weighted by Crippen LogP contribution is -1.99. The van der Waals surface area contributed by atoms with E-state index in [-0.39, 0.29) is 0 Å². The summed E-state index contributed by atoms with van der Waals surface area (Å²) in [5.41, 5.74) is 5.17. The van der Waals surface area contributed by atoms with Crippen LogP contribution in [0.2, 0.25) is 0 Å². The third-order valence-electron chi connectivity index (χ3n) is 3.56. The fourth-order valence-electron chi connectivity index (χ4n) is 2.39. The van der Waals surface area contributed by atoms with Crippen molar-refractivity contribution in [3.8, 4) is 0 Å². The van der Waals surface area contributed by atoms with Crippen LogP contribution in [-0.2, 0) is 0 Å². The molecule has 21 heavy (non-hydrogen) atoms. The van der Waals surface area contributed by atoms with Crippen LogP contribution in [0.25, 0.3) is 0 Å². The molecule has 0 bridgehead atoms. The maximum Gasteiger partial charge on any atom is 0.0743 e. The average molecular weight is 300 g/mol. The molecule has 2 aromatic rings. The summed E-state index contributed by atoms with van der Waals surface area (Å²) in [7, 11) is 0.465. The number of anilines is 2. The van der Waals surface area contributed by atoms with Gasteiger partial charge in [0.1, 0.15) is 0 Å². The van der Waals surface area contributed by atoms with Gasteiger partial charge in [-0.3, -0.25) is 0 Å². The van der Waals surface area contributed by atoms with Gasteiger partial charge in [-0.25, -0.2) is 0 Å². The molecular weight excluding hydrogens is 275 g/mol. The molecule has 112 valence electrons. The summed E-state index contributed by atoms with van der Waals surface area (Å²) in [6.07, 6.45) is 0. The van der Waals surface area contributed by atoms with Gasteiger partial charge in [-0.05, 0) is 35.1 Å². The van der Waals surface area contributed by atoms with Crippen LogP contribution in [0.3, 0.4) is 0 Å². The highest BCUT2D eigenvalue weighted by Gasteiger charge is 2.07. The van der Waals surface area contributed by atoms with E-state index < -0.39 is 0 Å². The van der Waals surface area contributed by atoms with Gasteiger partial charge < -0.3 is 10.2 Å². The Hall–Kier alpha value is -1.53. The van der Waals surface area contributed by atoms with Gasteiger partial charge >= 0.3 is 0 Å². The Kier molecular flexibility index (Phi) is 5.64. The standard InChI is InChI=1S/C18H25N2P/c1-13(2)15-9-5-7-11-17(15)19-21-20-18-12-8-6-10-16(18)14(3)4/h5-14,19-21H,1-4H3. The summed E-state index contributed by atoms with van der Waals surface area (Å²) in [6, 6.07) is 17.1. The molecule has 0 heterocycles. The van der Waals surface area contributed by atoms with Gasteiger partial charge in [0.2, 0.25) is 0 Å². The summed E-state index contributed by atoms with van der Waals surface area (Å²) in [4.78, 5) is 0. The van der Waals surface area contributed by atoms with Gasteiger partial charge in [-0.1, -0.05) is 64.1 Å². The van der Waals surface area contributed by atoms with Crippen molar-refractivity contribution in [2.45, 2.75) is 39.5 Å². The molecule has 0 saturated carbocycles. The summed E-state index contributed by atoms with van der Waals surface area (Å²) < 4.78 is 0. The normalized spacial score (nSPS) is 11.0. The number of benzene rings is 2. The lowest BCUT2D eigenvalue weighted by molar-refractivity contribution is 0.869.